The molecular formula is C18H24N4O3S. The predicted molar refractivity (Wildman–Crippen MR) is 96.8 cm³/mol. The Bertz CT molecular complexity index is 854. The third-order valence-corrected chi connectivity index (χ3v) is 7.50. The van der Waals surface area contributed by atoms with Crippen LogP contribution < -0.4 is 0 Å². The summed E-state index contributed by atoms with van der Waals surface area (Å²) in [6, 6.07) is 3.74. The van der Waals surface area contributed by atoms with Gasteiger partial charge >= 0.3 is 0 Å². The second-order valence-electron chi connectivity index (χ2n) is 7.39. The molecule has 0 N–H and O–H groups in total. The van der Waals surface area contributed by atoms with Gasteiger partial charge in [0.15, 0.2) is 5.82 Å². The van der Waals surface area contributed by atoms with Crippen molar-refractivity contribution in [3.8, 4) is 11.5 Å². The highest BCUT2D eigenvalue weighted by molar-refractivity contribution is 7.89. The van der Waals surface area contributed by atoms with Crippen LogP contribution in [0.5, 0.6) is 0 Å². The zero-order valence-electron chi connectivity index (χ0n) is 15.0. The minimum absolute atomic E-state index is 0.149. The van der Waals surface area contributed by atoms with Gasteiger partial charge in [0, 0.05) is 30.9 Å². The normalized spacial score (nSPS) is 21.0. The van der Waals surface area contributed by atoms with Gasteiger partial charge < -0.3 is 4.52 Å². The first-order valence-corrected chi connectivity index (χ1v) is 10.9. The van der Waals surface area contributed by atoms with Crippen LogP contribution in [0, 0.1) is 5.92 Å². The average molecular weight is 376 g/mol. The van der Waals surface area contributed by atoms with E-state index in [2.05, 4.69) is 15.1 Å². The van der Waals surface area contributed by atoms with E-state index in [1.54, 1.807) is 23.6 Å². The van der Waals surface area contributed by atoms with Crippen molar-refractivity contribution in [1.82, 2.24) is 19.4 Å². The number of aromatic nitrogens is 3. The van der Waals surface area contributed by atoms with Crippen LogP contribution >= 0.6 is 0 Å². The van der Waals surface area contributed by atoms with E-state index in [1.165, 1.54) is 12.8 Å². The Kier molecular flexibility index (Phi) is 4.56. The van der Waals surface area contributed by atoms with Gasteiger partial charge in [-0.05, 0) is 44.2 Å². The lowest BCUT2D eigenvalue weighted by Crippen LogP contribution is -2.46. The Morgan fingerprint density at radius 1 is 1.31 bits per heavy atom. The van der Waals surface area contributed by atoms with E-state index in [9.17, 15) is 8.42 Å². The number of hydrogen-bond acceptors (Lipinski definition) is 6. The van der Waals surface area contributed by atoms with Gasteiger partial charge in [0.2, 0.25) is 10.0 Å². The van der Waals surface area contributed by atoms with E-state index in [1.807, 2.05) is 12.1 Å². The van der Waals surface area contributed by atoms with Gasteiger partial charge in [-0.15, -0.1) is 0 Å². The van der Waals surface area contributed by atoms with E-state index in [4.69, 9.17) is 4.52 Å². The summed E-state index contributed by atoms with van der Waals surface area (Å²) in [5, 5.41) is 4.29. The van der Waals surface area contributed by atoms with Crippen LogP contribution in [-0.2, 0) is 15.4 Å². The molecule has 4 rings (SSSR count). The van der Waals surface area contributed by atoms with Gasteiger partial charge in [0.25, 0.3) is 5.89 Å². The summed E-state index contributed by atoms with van der Waals surface area (Å²) in [7, 11) is -3.14. The van der Waals surface area contributed by atoms with Gasteiger partial charge in [0.1, 0.15) is 0 Å². The van der Waals surface area contributed by atoms with Crippen LogP contribution in [0.25, 0.3) is 11.5 Å². The van der Waals surface area contributed by atoms with Gasteiger partial charge in [0.05, 0.1) is 11.3 Å². The lowest BCUT2D eigenvalue weighted by molar-refractivity contribution is 0.198. The van der Waals surface area contributed by atoms with E-state index < -0.39 is 10.0 Å². The highest BCUT2D eigenvalue weighted by Gasteiger charge is 2.45. The third kappa shape index (κ3) is 3.40. The quantitative estimate of drug-likeness (QED) is 0.770. The lowest BCUT2D eigenvalue weighted by Gasteiger charge is -2.39. The van der Waals surface area contributed by atoms with Gasteiger partial charge in [-0.2, -0.15) is 4.98 Å². The largest absolute Gasteiger partial charge is 0.334 e. The summed E-state index contributed by atoms with van der Waals surface area (Å²) < 4.78 is 31.5. The second kappa shape index (κ2) is 6.74. The first-order valence-electron chi connectivity index (χ1n) is 9.25. The zero-order valence-corrected chi connectivity index (χ0v) is 15.8. The Hall–Kier alpha value is -1.80. The van der Waals surface area contributed by atoms with Crippen molar-refractivity contribution >= 4 is 10.0 Å². The van der Waals surface area contributed by atoms with Crippen molar-refractivity contribution in [2.24, 2.45) is 5.92 Å². The number of hydrogen-bond donors (Lipinski definition) is 0. The van der Waals surface area contributed by atoms with E-state index in [0.717, 1.165) is 30.7 Å². The van der Waals surface area contributed by atoms with Crippen molar-refractivity contribution < 1.29 is 12.9 Å². The number of rotatable bonds is 6. The molecule has 1 aliphatic heterocycles. The maximum Gasteiger partial charge on any atom is 0.259 e. The number of pyridine rings is 1. The SMILES string of the molecule is CCS(=O)(=O)N1CCC(CC2CC2)(c2noc(-c3cccnc3)n2)CC1. The molecule has 26 heavy (non-hydrogen) atoms. The van der Waals surface area contributed by atoms with E-state index in [-0.39, 0.29) is 11.2 Å². The summed E-state index contributed by atoms with van der Waals surface area (Å²) in [5.74, 6) is 2.05. The van der Waals surface area contributed by atoms with Crippen LogP contribution in [0.15, 0.2) is 29.0 Å². The van der Waals surface area contributed by atoms with Crippen molar-refractivity contribution in [3.63, 3.8) is 0 Å². The van der Waals surface area contributed by atoms with Crippen LogP contribution in [-0.4, -0.2) is 46.7 Å². The fourth-order valence-corrected chi connectivity index (χ4v) is 4.92. The molecular weight excluding hydrogens is 352 g/mol. The Morgan fingerprint density at radius 3 is 2.69 bits per heavy atom. The monoisotopic (exact) mass is 376 g/mol. The molecule has 0 unspecified atom stereocenters. The summed E-state index contributed by atoms with van der Waals surface area (Å²) in [6.45, 7) is 2.75. The first kappa shape index (κ1) is 17.6. The Balaban J connectivity index is 1.59. The minimum atomic E-state index is -3.14. The molecule has 1 aliphatic carbocycles. The maximum absolute atomic E-state index is 12.2. The van der Waals surface area contributed by atoms with Crippen LogP contribution in [0.2, 0.25) is 0 Å². The van der Waals surface area contributed by atoms with Crippen LogP contribution in [0.3, 0.4) is 0 Å². The molecule has 2 aromatic heterocycles. The molecule has 1 saturated carbocycles. The molecule has 3 heterocycles. The molecule has 1 saturated heterocycles. The van der Waals surface area contributed by atoms with Crippen molar-refractivity contribution in [1.29, 1.82) is 0 Å². The van der Waals surface area contributed by atoms with Crippen molar-refractivity contribution in [2.45, 2.75) is 44.4 Å². The van der Waals surface area contributed by atoms with E-state index >= 15 is 0 Å². The summed E-state index contributed by atoms with van der Waals surface area (Å²) >= 11 is 0. The standard InChI is InChI=1S/C18H24N4O3S/c1-2-26(23,24)22-10-7-18(8-11-22,12-14-5-6-14)17-20-16(25-21-17)15-4-3-9-19-13-15/h3-4,9,13-14H,2,5-8,10-12H2,1H3. The molecule has 140 valence electrons. The first-order chi connectivity index (χ1) is 12.5. The fourth-order valence-electron chi connectivity index (χ4n) is 3.81. The number of nitrogens with zero attached hydrogens (tertiary/aromatic N) is 4. The molecule has 0 amide bonds. The molecule has 0 spiro atoms. The summed E-state index contributed by atoms with van der Waals surface area (Å²) in [6.07, 6.45) is 8.40. The number of sulfonamides is 1. The Morgan fingerprint density at radius 2 is 2.08 bits per heavy atom. The van der Waals surface area contributed by atoms with Gasteiger partial charge in [-0.25, -0.2) is 12.7 Å². The molecule has 7 nitrogen and oxygen atoms in total. The summed E-state index contributed by atoms with van der Waals surface area (Å²) in [4.78, 5) is 8.78. The van der Waals surface area contributed by atoms with Gasteiger partial charge in [-0.3, -0.25) is 4.98 Å². The molecule has 0 bridgehead atoms. The summed E-state index contributed by atoms with van der Waals surface area (Å²) in [5.41, 5.74) is 0.615. The maximum atomic E-state index is 12.2. The third-order valence-electron chi connectivity index (χ3n) is 5.62. The minimum Gasteiger partial charge on any atom is -0.334 e. The molecule has 0 radical (unpaired) electrons. The molecule has 2 aromatic rings. The van der Waals surface area contributed by atoms with Crippen molar-refractivity contribution in [2.75, 3.05) is 18.8 Å². The lowest BCUT2D eigenvalue weighted by atomic mass is 9.74. The predicted octanol–water partition coefficient (Wildman–Crippen LogP) is 2.62. The topological polar surface area (TPSA) is 89.2 Å². The molecule has 8 heteroatoms. The van der Waals surface area contributed by atoms with Crippen molar-refractivity contribution in [3.05, 3.63) is 30.4 Å². The average Bonchev–Trinajstić information content (AvgIpc) is 3.33. The van der Waals surface area contributed by atoms with Crippen LogP contribution in [0.1, 0.15) is 44.9 Å². The smallest absolute Gasteiger partial charge is 0.259 e. The zero-order chi connectivity index (χ0) is 18.2. The fraction of sp³-hybridized carbons (Fsp3) is 0.611. The highest BCUT2D eigenvalue weighted by atomic mass is 32.2. The van der Waals surface area contributed by atoms with E-state index in [0.29, 0.717) is 24.9 Å². The van der Waals surface area contributed by atoms with Gasteiger partial charge in [-0.1, -0.05) is 18.0 Å². The molecule has 0 aromatic carbocycles. The Labute approximate surface area is 153 Å². The second-order valence-corrected chi connectivity index (χ2v) is 9.65. The molecule has 2 aliphatic rings. The molecule has 0 atom stereocenters. The van der Waals surface area contributed by atoms with Crippen LogP contribution in [0.4, 0.5) is 0 Å². The number of piperidine rings is 1. The highest BCUT2D eigenvalue weighted by Crippen LogP contribution is 2.47. The molecule has 2 fully saturated rings.